The highest BCUT2D eigenvalue weighted by Crippen LogP contribution is 2.65. The van der Waals surface area contributed by atoms with Crippen molar-refractivity contribution in [2.75, 3.05) is 0 Å². The van der Waals surface area contributed by atoms with Crippen LogP contribution in [0, 0.1) is 34.5 Å². The third-order valence-corrected chi connectivity index (χ3v) is 8.51. The van der Waals surface area contributed by atoms with E-state index < -0.39 is 0 Å². The van der Waals surface area contributed by atoms with E-state index in [2.05, 4.69) is 19.9 Å². The summed E-state index contributed by atoms with van der Waals surface area (Å²) >= 11 is 0. The molecule has 134 valence electrons. The van der Waals surface area contributed by atoms with Gasteiger partial charge < -0.3 is 10.2 Å². The Labute approximate surface area is 145 Å². The maximum Gasteiger partial charge on any atom is 0.133 e. The van der Waals surface area contributed by atoms with Gasteiger partial charge >= 0.3 is 0 Å². The lowest BCUT2D eigenvalue weighted by atomic mass is 9.48. The molecule has 0 aromatic rings. The van der Waals surface area contributed by atoms with E-state index >= 15 is 0 Å². The standard InChI is InChI=1S/C21H32O3/c1-12(22)15-4-5-16-14-11-19(24)18-10-13(23)6-8-21(18,3)17(14)7-9-20(15,16)2/h7,13-16,18-19,23-24H,4-6,8-11H2,1-3H3/t13-,14?,15+,16-,18+,19-,20+,21+/m0/s1. The molecule has 0 aromatic carbocycles. The largest absolute Gasteiger partial charge is 0.393 e. The Kier molecular flexibility index (Phi) is 3.78. The lowest BCUT2D eigenvalue weighted by Crippen LogP contribution is -2.53. The smallest absolute Gasteiger partial charge is 0.133 e. The van der Waals surface area contributed by atoms with Crippen molar-refractivity contribution < 1.29 is 15.0 Å². The molecule has 0 amide bonds. The van der Waals surface area contributed by atoms with E-state index in [9.17, 15) is 15.0 Å². The third kappa shape index (κ3) is 2.13. The first-order chi connectivity index (χ1) is 11.3. The molecule has 4 aliphatic carbocycles. The number of rotatable bonds is 1. The van der Waals surface area contributed by atoms with Crippen molar-refractivity contribution in [1.82, 2.24) is 0 Å². The molecular weight excluding hydrogens is 300 g/mol. The average Bonchev–Trinajstić information content (AvgIpc) is 2.87. The van der Waals surface area contributed by atoms with Gasteiger partial charge in [0.25, 0.3) is 0 Å². The van der Waals surface area contributed by atoms with Crippen molar-refractivity contribution in [3.05, 3.63) is 11.6 Å². The van der Waals surface area contributed by atoms with Gasteiger partial charge in [-0.2, -0.15) is 0 Å². The van der Waals surface area contributed by atoms with Crippen LogP contribution in [0.1, 0.15) is 65.7 Å². The lowest BCUT2D eigenvalue weighted by Gasteiger charge is -2.58. The first kappa shape index (κ1) is 16.8. The summed E-state index contributed by atoms with van der Waals surface area (Å²) in [5.74, 6) is 1.69. The van der Waals surface area contributed by atoms with E-state index in [4.69, 9.17) is 0 Å². The van der Waals surface area contributed by atoms with Crippen molar-refractivity contribution in [3.8, 4) is 0 Å². The van der Waals surface area contributed by atoms with Gasteiger partial charge in [0, 0.05) is 5.92 Å². The second-order valence-electron chi connectivity index (χ2n) is 9.58. The average molecular weight is 332 g/mol. The predicted octanol–water partition coefficient (Wildman–Crippen LogP) is 3.49. The summed E-state index contributed by atoms with van der Waals surface area (Å²) in [6.07, 6.45) is 8.42. The van der Waals surface area contributed by atoms with E-state index in [0.29, 0.717) is 17.6 Å². The highest BCUT2D eigenvalue weighted by atomic mass is 16.3. The van der Waals surface area contributed by atoms with E-state index in [1.165, 1.54) is 0 Å². The molecule has 3 nitrogen and oxygen atoms in total. The van der Waals surface area contributed by atoms with Gasteiger partial charge in [-0.3, -0.25) is 4.79 Å². The number of aliphatic hydroxyl groups excluding tert-OH is 2. The third-order valence-electron chi connectivity index (χ3n) is 8.51. The van der Waals surface area contributed by atoms with Crippen LogP contribution >= 0.6 is 0 Å². The molecule has 0 aromatic heterocycles. The van der Waals surface area contributed by atoms with Gasteiger partial charge in [-0.25, -0.2) is 0 Å². The molecule has 2 N–H and O–H groups in total. The minimum atomic E-state index is -0.314. The zero-order chi connectivity index (χ0) is 17.3. The number of carbonyl (C=O) groups excluding carboxylic acids is 1. The molecule has 0 saturated heterocycles. The molecule has 0 spiro atoms. The Balaban J connectivity index is 1.72. The normalized spacial score (nSPS) is 53.6. The molecule has 24 heavy (non-hydrogen) atoms. The van der Waals surface area contributed by atoms with E-state index in [0.717, 1.165) is 44.9 Å². The molecule has 4 aliphatic rings. The zero-order valence-corrected chi connectivity index (χ0v) is 15.3. The molecule has 0 aliphatic heterocycles. The molecule has 8 atom stereocenters. The number of carbonyl (C=O) groups is 1. The van der Waals surface area contributed by atoms with E-state index in [1.54, 1.807) is 12.5 Å². The highest BCUT2D eigenvalue weighted by molar-refractivity contribution is 5.79. The number of aliphatic hydroxyl groups is 2. The summed E-state index contributed by atoms with van der Waals surface area (Å²) < 4.78 is 0. The van der Waals surface area contributed by atoms with Gasteiger partial charge in [-0.1, -0.05) is 25.5 Å². The second kappa shape index (κ2) is 5.41. The van der Waals surface area contributed by atoms with Crippen molar-refractivity contribution in [1.29, 1.82) is 0 Å². The number of allylic oxidation sites excluding steroid dienone is 2. The van der Waals surface area contributed by atoms with Crippen LogP contribution in [0.5, 0.6) is 0 Å². The van der Waals surface area contributed by atoms with Crippen LogP contribution in [-0.4, -0.2) is 28.2 Å². The quantitative estimate of drug-likeness (QED) is 0.723. The van der Waals surface area contributed by atoms with Crippen molar-refractivity contribution in [3.63, 3.8) is 0 Å². The lowest BCUT2D eigenvalue weighted by molar-refractivity contribution is -0.125. The maximum atomic E-state index is 12.2. The molecule has 0 heterocycles. The summed E-state index contributed by atoms with van der Waals surface area (Å²) in [5, 5.41) is 21.0. The summed E-state index contributed by atoms with van der Waals surface area (Å²) in [5.41, 5.74) is 1.67. The molecular formula is C21H32O3. The molecule has 3 fully saturated rings. The second-order valence-corrected chi connectivity index (χ2v) is 9.58. The van der Waals surface area contributed by atoms with Crippen molar-refractivity contribution >= 4 is 5.78 Å². The SMILES string of the molecule is CC(=O)[C@H]1CC[C@H]2C3C[C@H](O)[C@H]4C[C@@H](O)CC[C@]4(C)C3=CC[C@]12C. The van der Waals surface area contributed by atoms with Crippen molar-refractivity contribution in [2.45, 2.75) is 77.9 Å². The molecule has 1 unspecified atom stereocenters. The van der Waals surface area contributed by atoms with Crippen LogP contribution in [0.3, 0.4) is 0 Å². The van der Waals surface area contributed by atoms with E-state index in [-0.39, 0.29) is 34.9 Å². The van der Waals surface area contributed by atoms with Gasteiger partial charge in [0.2, 0.25) is 0 Å². The minimum absolute atomic E-state index is 0.0389. The number of fused-ring (bicyclic) bond motifs is 5. The number of hydrogen-bond acceptors (Lipinski definition) is 3. The fourth-order valence-corrected chi connectivity index (χ4v) is 7.22. The first-order valence-electron chi connectivity index (χ1n) is 9.84. The van der Waals surface area contributed by atoms with Crippen LogP contribution in [0.4, 0.5) is 0 Å². The van der Waals surface area contributed by atoms with Gasteiger partial charge in [0.05, 0.1) is 12.2 Å². The van der Waals surface area contributed by atoms with Crippen LogP contribution in [-0.2, 0) is 4.79 Å². The molecule has 0 bridgehead atoms. The Bertz CT molecular complexity index is 582. The minimum Gasteiger partial charge on any atom is -0.393 e. The van der Waals surface area contributed by atoms with Crippen LogP contribution < -0.4 is 0 Å². The summed E-state index contributed by atoms with van der Waals surface area (Å²) in [7, 11) is 0. The van der Waals surface area contributed by atoms with Crippen LogP contribution in [0.25, 0.3) is 0 Å². The fourth-order valence-electron chi connectivity index (χ4n) is 7.22. The van der Waals surface area contributed by atoms with Crippen LogP contribution in [0.15, 0.2) is 11.6 Å². The maximum absolute atomic E-state index is 12.2. The Morgan fingerprint density at radius 3 is 2.58 bits per heavy atom. The predicted molar refractivity (Wildman–Crippen MR) is 93.3 cm³/mol. The van der Waals surface area contributed by atoms with Crippen molar-refractivity contribution in [2.24, 2.45) is 34.5 Å². The van der Waals surface area contributed by atoms with Crippen LogP contribution in [0.2, 0.25) is 0 Å². The number of hydrogen-bond donors (Lipinski definition) is 2. The topological polar surface area (TPSA) is 57.5 Å². The van der Waals surface area contributed by atoms with E-state index in [1.807, 2.05) is 0 Å². The summed E-state index contributed by atoms with van der Waals surface area (Å²) in [6.45, 7) is 6.40. The highest BCUT2D eigenvalue weighted by Gasteiger charge is 2.59. The van der Waals surface area contributed by atoms with Gasteiger partial charge in [0.15, 0.2) is 0 Å². The Morgan fingerprint density at radius 1 is 1.12 bits per heavy atom. The molecule has 3 heteroatoms. The monoisotopic (exact) mass is 332 g/mol. The Hall–Kier alpha value is -0.670. The zero-order valence-electron chi connectivity index (χ0n) is 15.3. The fraction of sp³-hybridized carbons (Fsp3) is 0.857. The number of ketones is 1. The van der Waals surface area contributed by atoms with Gasteiger partial charge in [-0.15, -0.1) is 0 Å². The molecule has 3 saturated carbocycles. The first-order valence-corrected chi connectivity index (χ1v) is 9.84. The summed E-state index contributed by atoms with van der Waals surface area (Å²) in [4.78, 5) is 12.2. The molecule has 0 radical (unpaired) electrons. The van der Waals surface area contributed by atoms with Gasteiger partial charge in [-0.05, 0) is 80.5 Å². The summed E-state index contributed by atoms with van der Waals surface area (Å²) in [6, 6.07) is 0. The number of Topliss-reactive ketones (excluding diaryl/α,β-unsaturated/α-hetero) is 1. The molecule has 4 rings (SSSR count). The Morgan fingerprint density at radius 2 is 1.88 bits per heavy atom. The van der Waals surface area contributed by atoms with Gasteiger partial charge in [0.1, 0.15) is 5.78 Å².